The van der Waals surface area contributed by atoms with E-state index in [1.807, 2.05) is 0 Å². The highest BCUT2D eigenvalue weighted by Gasteiger charge is 2.34. The van der Waals surface area contributed by atoms with Gasteiger partial charge in [0.05, 0.1) is 17.5 Å². The maximum atomic E-state index is 13.4. The number of carbonyl (C=O) groups excluding carboxylic acids is 1. The first-order valence-corrected chi connectivity index (χ1v) is 11.8. The molecule has 1 heterocycles. The van der Waals surface area contributed by atoms with Crippen molar-refractivity contribution in [1.82, 2.24) is 0 Å². The SMILES string of the molecule is CS(=O)(=O)Nc1cc(N2CCc3cc(-c4ccccc4C(F)(F)F)ccc3C2=O)ccc1O. The van der Waals surface area contributed by atoms with Gasteiger partial charge in [-0.3, -0.25) is 9.52 Å². The summed E-state index contributed by atoms with van der Waals surface area (Å²) in [6.45, 7) is 0.235. The Labute approximate surface area is 188 Å². The minimum atomic E-state index is -4.50. The maximum Gasteiger partial charge on any atom is 0.417 e. The molecule has 0 saturated carbocycles. The summed E-state index contributed by atoms with van der Waals surface area (Å²) in [5, 5.41) is 9.93. The number of benzene rings is 3. The third-order valence-corrected chi connectivity index (χ3v) is 5.91. The zero-order valence-electron chi connectivity index (χ0n) is 17.3. The Kier molecular flexibility index (Phi) is 5.57. The first-order chi connectivity index (χ1) is 15.4. The largest absolute Gasteiger partial charge is 0.506 e. The van der Waals surface area contributed by atoms with Crippen LogP contribution in [0.25, 0.3) is 11.1 Å². The lowest BCUT2D eigenvalue weighted by molar-refractivity contribution is -0.137. The van der Waals surface area contributed by atoms with Gasteiger partial charge in [0, 0.05) is 17.8 Å². The molecule has 3 aromatic carbocycles. The third kappa shape index (κ3) is 4.65. The van der Waals surface area contributed by atoms with Gasteiger partial charge < -0.3 is 10.0 Å². The molecular weight excluding hydrogens is 457 g/mol. The van der Waals surface area contributed by atoms with Crippen LogP contribution in [0, 0.1) is 0 Å². The molecule has 6 nitrogen and oxygen atoms in total. The molecule has 0 unspecified atom stereocenters. The number of sulfonamides is 1. The Morgan fingerprint density at radius 1 is 1.00 bits per heavy atom. The zero-order valence-corrected chi connectivity index (χ0v) is 18.2. The standard InChI is InChI=1S/C23H19F3N2O4S/c1-33(31,32)27-20-13-16(7-9-21(20)29)28-11-10-15-12-14(6-8-18(15)22(28)30)17-4-2-3-5-19(17)23(24,25)26/h2-9,12-13,27,29H,10-11H2,1H3. The van der Waals surface area contributed by atoms with Crippen molar-refractivity contribution in [2.24, 2.45) is 0 Å². The van der Waals surface area contributed by atoms with E-state index in [9.17, 15) is 31.5 Å². The maximum absolute atomic E-state index is 13.4. The van der Waals surface area contributed by atoms with Crippen molar-refractivity contribution in [1.29, 1.82) is 0 Å². The Bertz CT molecular complexity index is 1350. The highest BCUT2D eigenvalue weighted by Crippen LogP contribution is 2.38. The van der Waals surface area contributed by atoms with E-state index in [2.05, 4.69) is 4.72 Å². The van der Waals surface area contributed by atoms with Gasteiger partial charge in [-0.15, -0.1) is 0 Å². The number of phenols is 1. The number of anilines is 2. The monoisotopic (exact) mass is 476 g/mol. The summed E-state index contributed by atoms with van der Waals surface area (Å²) in [7, 11) is -3.65. The Morgan fingerprint density at radius 3 is 2.42 bits per heavy atom. The molecule has 0 saturated heterocycles. The van der Waals surface area contributed by atoms with Crippen LogP contribution in [0.4, 0.5) is 24.5 Å². The number of alkyl halides is 3. The second kappa shape index (κ2) is 8.11. The Morgan fingerprint density at radius 2 is 1.73 bits per heavy atom. The van der Waals surface area contributed by atoms with Crippen molar-refractivity contribution < 1.29 is 31.5 Å². The number of carbonyl (C=O) groups is 1. The van der Waals surface area contributed by atoms with E-state index in [-0.39, 0.29) is 29.5 Å². The van der Waals surface area contributed by atoms with Gasteiger partial charge in [-0.05, 0) is 53.4 Å². The van der Waals surface area contributed by atoms with Crippen molar-refractivity contribution in [3.63, 3.8) is 0 Å². The Hall–Kier alpha value is -3.53. The topological polar surface area (TPSA) is 86.7 Å². The van der Waals surface area contributed by atoms with Crippen LogP contribution >= 0.6 is 0 Å². The van der Waals surface area contributed by atoms with E-state index in [1.165, 1.54) is 53.4 Å². The van der Waals surface area contributed by atoms with Crippen LogP contribution in [0.5, 0.6) is 5.75 Å². The minimum absolute atomic E-state index is 0.0395. The van der Waals surface area contributed by atoms with Gasteiger partial charge in [0.15, 0.2) is 0 Å². The molecule has 33 heavy (non-hydrogen) atoms. The molecule has 1 amide bonds. The van der Waals surface area contributed by atoms with Crippen LogP contribution in [-0.2, 0) is 22.6 Å². The van der Waals surface area contributed by atoms with Gasteiger partial charge in [0.1, 0.15) is 5.75 Å². The van der Waals surface area contributed by atoms with Crippen LogP contribution in [0.1, 0.15) is 21.5 Å². The first kappa shape index (κ1) is 22.7. The van der Waals surface area contributed by atoms with Crippen LogP contribution < -0.4 is 9.62 Å². The van der Waals surface area contributed by atoms with Gasteiger partial charge in [0.25, 0.3) is 5.91 Å². The normalized spacial score (nSPS) is 14.2. The number of nitrogens with zero attached hydrogens (tertiary/aromatic N) is 1. The molecule has 0 fully saturated rings. The molecule has 0 aromatic heterocycles. The number of nitrogens with one attached hydrogen (secondary N) is 1. The number of halogens is 3. The molecule has 10 heteroatoms. The molecule has 1 aliphatic heterocycles. The third-order valence-electron chi connectivity index (χ3n) is 5.32. The van der Waals surface area contributed by atoms with Crippen molar-refractivity contribution >= 4 is 27.3 Å². The number of phenolic OH excluding ortho intramolecular Hbond substituents is 1. The molecule has 4 rings (SSSR count). The molecule has 2 N–H and O–H groups in total. The van der Waals surface area contributed by atoms with Gasteiger partial charge in [-0.25, -0.2) is 8.42 Å². The quantitative estimate of drug-likeness (QED) is 0.537. The predicted octanol–water partition coefficient (Wildman–Crippen LogP) is 4.65. The second-order valence-electron chi connectivity index (χ2n) is 7.70. The van der Waals surface area contributed by atoms with Crippen LogP contribution in [0.15, 0.2) is 60.7 Å². The first-order valence-electron chi connectivity index (χ1n) is 9.86. The number of aromatic hydroxyl groups is 1. The van der Waals surface area contributed by atoms with E-state index >= 15 is 0 Å². The summed E-state index contributed by atoms with van der Waals surface area (Å²) in [6, 6.07) is 14.0. The molecule has 172 valence electrons. The molecule has 1 aliphatic rings. The Balaban J connectivity index is 1.68. The van der Waals surface area contributed by atoms with E-state index in [4.69, 9.17) is 0 Å². The van der Waals surface area contributed by atoms with Crippen molar-refractivity contribution in [3.05, 3.63) is 77.4 Å². The molecule has 0 atom stereocenters. The van der Waals surface area contributed by atoms with Gasteiger partial charge in [-0.1, -0.05) is 30.3 Å². The van der Waals surface area contributed by atoms with E-state index in [1.54, 1.807) is 6.07 Å². The van der Waals surface area contributed by atoms with Crippen LogP contribution in [-0.4, -0.2) is 32.2 Å². The van der Waals surface area contributed by atoms with Crippen LogP contribution in [0.3, 0.4) is 0 Å². The summed E-state index contributed by atoms with van der Waals surface area (Å²) < 4.78 is 65.5. The smallest absolute Gasteiger partial charge is 0.417 e. The van der Waals surface area contributed by atoms with Crippen molar-refractivity contribution in [2.75, 3.05) is 22.4 Å². The lowest BCUT2D eigenvalue weighted by Crippen LogP contribution is -2.37. The molecule has 0 spiro atoms. The molecule has 0 radical (unpaired) electrons. The number of fused-ring (bicyclic) bond motifs is 1. The summed E-state index contributed by atoms with van der Waals surface area (Å²) in [6.07, 6.45) is -3.18. The molecular formula is C23H19F3N2O4S. The van der Waals surface area contributed by atoms with Gasteiger partial charge >= 0.3 is 6.18 Å². The number of hydrogen-bond donors (Lipinski definition) is 2. The minimum Gasteiger partial charge on any atom is -0.506 e. The number of amides is 1. The van der Waals surface area contributed by atoms with Crippen molar-refractivity contribution in [2.45, 2.75) is 12.6 Å². The fraction of sp³-hybridized carbons (Fsp3) is 0.174. The highest BCUT2D eigenvalue weighted by molar-refractivity contribution is 7.92. The second-order valence-corrected chi connectivity index (χ2v) is 9.45. The average Bonchev–Trinajstić information content (AvgIpc) is 2.74. The predicted molar refractivity (Wildman–Crippen MR) is 119 cm³/mol. The number of hydrogen-bond acceptors (Lipinski definition) is 4. The summed E-state index contributed by atoms with van der Waals surface area (Å²) in [4.78, 5) is 14.5. The lowest BCUT2D eigenvalue weighted by atomic mass is 9.92. The molecule has 3 aromatic rings. The van der Waals surface area contributed by atoms with Crippen LogP contribution in [0.2, 0.25) is 0 Å². The average molecular weight is 476 g/mol. The molecule has 0 aliphatic carbocycles. The molecule has 0 bridgehead atoms. The lowest BCUT2D eigenvalue weighted by Gasteiger charge is -2.29. The van der Waals surface area contributed by atoms with E-state index in [0.29, 0.717) is 28.8 Å². The summed E-state index contributed by atoms with van der Waals surface area (Å²) in [5.41, 5.74) is 0.946. The zero-order chi connectivity index (χ0) is 24.0. The highest BCUT2D eigenvalue weighted by atomic mass is 32.2. The number of rotatable bonds is 4. The summed E-state index contributed by atoms with van der Waals surface area (Å²) in [5.74, 6) is -0.662. The van der Waals surface area contributed by atoms with E-state index < -0.39 is 21.8 Å². The van der Waals surface area contributed by atoms with Gasteiger partial charge in [0.2, 0.25) is 10.0 Å². The summed E-state index contributed by atoms with van der Waals surface area (Å²) >= 11 is 0. The van der Waals surface area contributed by atoms with Gasteiger partial charge in [-0.2, -0.15) is 13.2 Å². The fourth-order valence-corrected chi connectivity index (χ4v) is 4.42. The fourth-order valence-electron chi connectivity index (χ4n) is 3.86. The van der Waals surface area contributed by atoms with E-state index in [0.717, 1.165) is 12.3 Å². The van der Waals surface area contributed by atoms with Crippen molar-refractivity contribution in [3.8, 4) is 16.9 Å².